The molecule has 8 heteroatoms. The van der Waals surface area contributed by atoms with E-state index in [0.29, 0.717) is 48.5 Å². The van der Waals surface area contributed by atoms with Crippen molar-refractivity contribution in [2.75, 3.05) is 19.7 Å². The zero-order valence-electron chi connectivity index (χ0n) is 19.1. The molecule has 174 valence electrons. The molecule has 5 rings (SSSR count). The fraction of sp³-hybridized carbons (Fsp3) is 0.308. The van der Waals surface area contributed by atoms with Crippen LogP contribution in [0.5, 0.6) is 5.75 Å². The SMILES string of the molecule is CCOc1ccccc1Cc1nc2c(cnn2C2CCCN(C(=O)c3ccccc3)C2)c(=O)[nH]1. The number of amides is 1. The third-order valence-electron chi connectivity index (χ3n) is 6.19. The molecule has 34 heavy (non-hydrogen) atoms. The molecule has 1 saturated heterocycles. The first-order valence-electron chi connectivity index (χ1n) is 11.7. The number of H-pyrrole nitrogens is 1. The van der Waals surface area contributed by atoms with Crippen molar-refractivity contribution < 1.29 is 9.53 Å². The van der Waals surface area contributed by atoms with E-state index in [9.17, 15) is 9.59 Å². The van der Waals surface area contributed by atoms with Gasteiger partial charge in [-0.15, -0.1) is 0 Å². The minimum absolute atomic E-state index is 0.0146. The Morgan fingerprint density at radius 3 is 2.76 bits per heavy atom. The van der Waals surface area contributed by atoms with Crippen LogP contribution in [0.1, 0.15) is 47.6 Å². The molecule has 0 aliphatic carbocycles. The molecular formula is C26H27N5O3. The maximum Gasteiger partial charge on any atom is 0.262 e. The van der Waals surface area contributed by atoms with Gasteiger partial charge in [0.15, 0.2) is 5.65 Å². The highest BCUT2D eigenvalue weighted by molar-refractivity contribution is 5.94. The largest absolute Gasteiger partial charge is 0.494 e. The molecule has 1 atom stereocenters. The quantitative estimate of drug-likeness (QED) is 0.478. The monoisotopic (exact) mass is 457 g/mol. The van der Waals surface area contributed by atoms with Crippen molar-refractivity contribution in [2.45, 2.75) is 32.2 Å². The number of rotatable bonds is 6. The third kappa shape index (κ3) is 4.31. The average Bonchev–Trinajstić information content (AvgIpc) is 3.30. The van der Waals surface area contributed by atoms with E-state index in [1.807, 2.05) is 71.1 Å². The zero-order chi connectivity index (χ0) is 23.5. The number of nitrogens with one attached hydrogen (secondary N) is 1. The number of fused-ring (bicyclic) bond motifs is 1. The number of aromatic amines is 1. The molecule has 1 fully saturated rings. The van der Waals surface area contributed by atoms with E-state index < -0.39 is 0 Å². The molecule has 3 heterocycles. The molecule has 1 aliphatic heterocycles. The molecule has 4 aromatic rings. The van der Waals surface area contributed by atoms with E-state index >= 15 is 0 Å². The number of aromatic nitrogens is 4. The Bertz CT molecular complexity index is 1360. The van der Waals surface area contributed by atoms with Gasteiger partial charge >= 0.3 is 0 Å². The van der Waals surface area contributed by atoms with Crippen molar-refractivity contribution in [3.8, 4) is 5.75 Å². The van der Waals surface area contributed by atoms with Crippen LogP contribution in [0.15, 0.2) is 65.6 Å². The van der Waals surface area contributed by atoms with Gasteiger partial charge in [0.25, 0.3) is 11.5 Å². The van der Waals surface area contributed by atoms with E-state index in [4.69, 9.17) is 9.72 Å². The van der Waals surface area contributed by atoms with E-state index in [2.05, 4.69) is 10.1 Å². The highest BCUT2D eigenvalue weighted by Crippen LogP contribution is 2.26. The molecule has 0 radical (unpaired) electrons. The first-order chi connectivity index (χ1) is 16.6. The predicted molar refractivity (Wildman–Crippen MR) is 129 cm³/mol. The highest BCUT2D eigenvalue weighted by Gasteiger charge is 2.27. The van der Waals surface area contributed by atoms with Gasteiger partial charge in [0.2, 0.25) is 0 Å². The first-order valence-corrected chi connectivity index (χ1v) is 11.7. The summed E-state index contributed by atoms with van der Waals surface area (Å²) in [6, 6.07) is 17.0. The lowest BCUT2D eigenvalue weighted by Gasteiger charge is -2.33. The van der Waals surface area contributed by atoms with Gasteiger partial charge in [-0.3, -0.25) is 9.59 Å². The van der Waals surface area contributed by atoms with Crippen molar-refractivity contribution in [3.63, 3.8) is 0 Å². The summed E-state index contributed by atoms with van der Waals surface area (Å²) in [6.45, 7) is 3.74. The molecule has 2 aromatic carbocycles. The lowest BCUT2D eigenvalue weighted by molar-refractivity contribution is 0.0675. The summed E-state index contributed by atoms with van der Waals surface area (Å²) in [4.78, 5) is 35.3. The lowest BCUT2D eigenvalue weighted by atomic mass is 10.0. The Balaban J connectivity index is 1.44. The van der Waals surface area contributed by atoms with Gasteiger partial charge in [0.05, 0.1) is 18.8 Å². The van der Waals surface area contributed by atoms with Crippen LogP contribution in [0.3, 0.4) is 0 Å². The van der Waals surface area contributed by atoms with Crippen LogP contribution in [0.2, 0.25) is 0 Å². The Labute approximate surface area is 197 Å². The number of likely N-dealkylation sites (tertiary alicyclic amines) is 1. The smallest absolute Gasteiger partial charge is 0.262 e. The van der Waals surface area contributed by atoms with Crippen molar-refractivity contribution in [3.05, 3.63) is 88.1 Å². The van der Waals surface area contributed by atoms with Gasteiger partial charge in [0, 0.05) is 30.6 Å². The third-order valence-corrected chi connectivity index (χ3v) is 6.19. The maximum atomic E-state index is 13.0. The van der Waals surface area contributed by atoms with Crippen LogP contribution in [0.4, 0.5) is 0 Å². The minimum atomic E-state index is -0.215. The molecule has 1 amide bonds. The molecule has 1 unspecified atom stereocenters. The first kappa shape index (κ1) is 21.9. The van der Waals surface area contributed by atoms with Crippen molar-refractivity contribution in [1.29, 1.82) is 0 Å². The number of hydrogen-bond donors (Lipinski definition) is 1. The summed E-state index contributed by atoms with van der Waals surface area (Å²) in [5, 5.41) is 4.97. The number of para-hydroxylation sites is 1. The fourth-order valence-corrected chi connectivity index (χ4v) is 4.56. The lowest BCUT2D eigenvalue weighted by Crippen LogP contribution is -2.41. The number of ether oxygens (including phenoxy) is 1. The van der Waals surface area contributed by atoms with Crippen LogP contribution >= 0.6 is 0 Å². The van der Waals surface area contributed by atoms with Crippen LogP contribution in [-0.2, 0) is 6.42 Å². The highest BCUT2D eigenvalue weighted by atomic mass is 16.5. The van der Waals surface area contributed by atoms with Gasteiger partial charge in [-0.2, -0.15) is 5.10 Å². The standard InChI is InChI=1S/C26H27N5O3/c1-2-34-22-13-7-6-11-19(22)15-23-28-24-21(25(32)29-23)16-27-31(24)20-12-8-14-30(17-20)26(33)18-9-4-3-5-10-18/h3-7,9-11,13,16,20H,2,8,12,14-15,17H2,1H3,(H,28,29,32). The Hall–Kier alpha value is -3.94. The number of benzene rings is 2. The number of piperidine rings is 1. The number of hydrogen-bond acceptors (Lipinski definition) is 5. The van der Waals surface area contributed by atoms with Crippen molar-refractivity contribution in [2.24, 2.45) is 0 Å². The summed E-state index contributed by atoms with van der Waals surface area (Å²) in [5.41, 5.74) is 1.97. The van der Waals surface area contributed by atoms with Gasteiger partial charge in [0.1, 0.15) is 17.0 Å². The minimum Gasteiger partial charge on any atom is -0.494 e. The zero-order valence-corrected chi connectivity index (χ0v) is 19.1. The molecule has 0 bridgehead atoms. The van der Waals surface area contributed by atoms with Crippen LogP contribution in [0.25, 0.3) is 11.0 Å². The Morgan fingerprint density at radius 2 is 1.94 bits per heavy atom. The normalized spacial score (nSPS) is 16.0. The van der Waals surface area contributed by atoms with Gasteiger partial charge < -0.3 is 14.6 Å². The molecule has 0 spiro atoms. The molecule has 0 saturated carbocycles. The second-order valence-electron chi connectivity index (χ2n) is 8.47. The fourth-order valence-electron chi connectivity index (χ4n) is 4.56. The van der Waals surface area contributed by atoms with Crippen molar-refractivity contribution in [1.82, 2.24) is 24.6 Å². The van der Waals surface area contributed by atoms with Crippen LogP contribution in [0, 0.1) is 0 Å². The van der Waals surface area contributed by atoms with Crippen LogP contribution in [-0.4, -0.2) is 50.3 Å². The van der Waals surface area contributed by atoms with E-state index in [0.717, 1.165) is 24.2 Å². The maximum absolute atomic E-state index is 13.0. The molecule has 8 nitrogen and oxygen atoms in total. The summed E-state index contributed by atoms with van der Waals surface area (Å²) >= 11 is 0. The Morgan fingerprint density at radius 1 is 1.15 bits per heavy atom. The summed E-state index contributed by atoms with van der Waals surface area (Å²) in [6.07, 6.45) is 3.74. The second-order valence-corrected chi connectivity index (χ2v) is 8.47. The number of nitrogens with zero attached hydrogens (tertiary/aromatic N) is 4. The topological polar surface area (TPSA) is 93.1 Å². The predicted octanol–water partition coefficient (Wildman–Crippen LogP) is 3.59. The van der Waals surface area contributed by atoms with Gasteiger partial charge in [-0.25, -0.2) is 9.67 Å². The number of carbonyl (C=O) groups is 1. The van der Waals surface area contributed by atoms with Crippen molar-refractivity contribution >= 4 is 16.9 Å². The Kier molecular flexibility index (Phi) is 6.12. The summed E-state index contributed by atoms with van der Waals surface area (Å²) in [7, 11) is 0. The average molecular weight is 458 g/mol. The van der Waals surface area contributed by atoms with Gasteiger partial charge in [-0.1, -0.05) is 36.4 Å². The van der Waals surface area contributed by atoms with Gasteiger partial charge in [-0.05, 0) is 38.0 Å². The molecule has 1 N–H and O–H groups in total. The van der Waals surface area contributed by atoms with Crippen LogP contribution < -0.4 is 10.3 Å². The molecule has 2 aromatic heterocycles. The molecule has 1 aliphatic rings. The van der Waals surface area contributed by atoms with E-state index in [1.54, 1.807) is 6.20 Å². The second kappa shape index (κ2) is 9.51. The summed E-state index contributed by atoms with van der Waals surface area (Å²) < 4.78 is 7.54. The number of carbonyl (C=O) groups excluding carboxylic acids is 1. The molecular weight excluding hydrogens is 430 g/mol. The summed E-state index contributed by atoms with van der Waals surface area (Å²) in [5.74, 6) is 1.35. The van der Waals surface area contributed by atoms with E-state index in [1.165, 1.54) is 0 Å². The van der Waals surface area contributed by atoms with E-state index in [-0.39, 0.29) is 17.5 Å².